The first-order chi connectivity index (χ1) is 19.8. The van der Waals surface area contributed by atoms with E-state index in [4.69, 9.17) is 28.4 Å². The highest BCUT2D eigenvalue weighted by Crippen LogP contribution is 2.31. The van der Waals surface area contributed by atoms with Crippen molar-refractivity contribution in [3.05, 3.63) is 71.8 Å². The van der Waals surface area contributed by atoms with E-state index in [1.807, 2.05) is 60.7 Å². The Balaban J connectivity index is 1.55. The fraction of sp³-hybridized carbons (Fsp3) is 0.448. The van der Waals surface area contributed by atoms with E-state index in [9.17, 15) is 19.2 Å². The van der Waals surface area contributed by atoms with E-state index in [-0.39, 0.29) is 38.9 Å². The third-order valence-corrected chi connectivity index (χ3v) is 6.42. The molecule has 0 saturated carbocycles. The molecule has 2 N–H and O–H groups in total. The second-order valence-electron chi connectivity index (χ2n) is 9.25. The lowest BCUT2D eigenvalue weighted by Gasteiger charge is -2.30. The van der Waals surface area contributed by atoms with Gasteiger partial charge < -0.3 is 39.1 Å². The number of carbonyl (C=O) groups excluding carboxylic acids is 4. The van der Waals surface area contributed by atoms with Crippen LogP contribution in [0.1, 0.15) is 36.8 Å². The minimum absolute atomic E-state index is 0.0342. The molecule has 2 aromatic carbocycles. The molecule has 12 heteroatoms. The van der Waals surface area contributed by atoms with E-state index >= 15 is 0 Å². The van der Waals surface area contributed by atoms with Gasteiger partial charge in [-0.25, -0.2) is 19.2 Å². The molecule has 1 heterocycles. The molecule has 12 nitrogen and oxygen atoms in total. The van der Waals surface area contributed by atoms with Gasteiger partial charge in [-0.05, 0) is 24.0 Å². The highest BCUT2D eigenvalue weighted by atomic mass is 16.7. The standard InChI is InChI=1S/C29H36N2O10/c1-36-25(32)23(30-27(34)38-19-21-9-5-3-6-10-21)13-15-29(40-17-18-41-29)16-14-24(26(33)37-2)31-28(35)39-20-22-11-7-4-8-12-22/h3-12,23-24H,13-20H2,1-2H3,(H,30,34)(H,31,35)/t23-,24-/m0/s1. The molecular formula is C29H36N2O10. The van der Waals surface area contributed by atoms with E-state index in [1.165, 1.54) is 14.2 Å². The highest BCUT2D eigenvalue weighted by Gasteiger charge is 2.39. The van der Waals surface area contributed by atoms with Gasteiger partial charge in [0.05, 0.1) is 27.4 Å². The molecule has 0 aromatic heterocycles. The van der Waals surface area contributed by atoms with Crippen LogP contribution in [0.15, 0.2) is 60.7 Å². The predicted molar refractivity (Wildman–Crippen MR) is 144 cm³/mol. The molecule has 3 rings (SSSR count). The number of alkyl carbamates (subject to hydrolysis) is 2. The lowest BCUT2D eigenvalue weighted by Crippen LogP contribution is -2.45. The monoisotopic (exact) mass is 572 g/mol. The van der Waals surface area contributed by atoms with E-state index in [0.29, 0.717) is 13.2 Å². The largest absolute Gasteiger partial charge is 0.467 e. The Hall–Kier alpha value is -4.16. The third-order valence-electron chi connectivity index (χ3n) is 6.42. The molecule has 1 aliphatic rings. The van der Waals surface area contributed by atoms with Crippen molar-refractivity contribution >= 4 is 24.1 Å². The van der Waals surface area contributed by atoms with E-state index < -0.39 is 42.0 Å². The van der Waals surface area contributed by atoms with Crippen LogP contribution >= 0.6 is 0 Å². The topological polar surface area (TPSA) is 148 Å². The summed E-state index contributed by atoms with van der Waals surface area (Å²) in [4.78, 5) is 49.6. The maximum absolute atomic E-state index is 12.4. The van der Waals surface area contributed by atoms with Crippen LogP contribution < -0.4 is 10.6 Å². The smallest absolute Gasteiger partial charge is 0.408 e. The average molecular weight is 573 g/mol. The van der Waals surface area contributed by atoms with Gasteiger partial charge in [0.25, 0.3) is 0 Å². The van der Waals surface area contributed by atoms with E-state index in [1.54, 1.807) is 0 Å². The SMILES string of the molecule is COC(=O)[C@H](CCC1(CC[C@H](NC(=O)OCc2ccccc2)C(=O)OC)OCCO1)NC(=O)OCc1ccccc1. The lowest BCUT2D eigenvalue weighted by atomic mass is 9.98. The summed E-state index contributed by atoms with van der Waals surface area (Å²) in [5.41, 5.74) is 1.59. The van der Waals surface area contributed by atoms with E-state index in [0.717, 1.165) is 11.1 Å². The summed E-state index contributed by atoms with van der Waals surface area (Å²) in [6, 6.07) is 16.2. The lowest BCUT2D eigenvalue weighted by molar-refractivity contribution is -0.172. The van der Waals surface area contributed by atoms with Crippen LogP contribution in [0.4, 0.5) is 9.59 Å². The van der Waals surface area contributed by atoms with Crippen molar-refractivity contribution in [3.63, 3.8) is 0 Å². The van der Waals surface area contributed by atoms with Gasteiger partial charge in [-0.1, -0.05) is 60.7 Å². The second-order valence-corrected chi connectivity index (χ2v) is 9.25. The molecule has 222 valence electrons. The van der Waals surface area contributed by atoms with Gasteiger partial charge in [0.15, 0.2) is 5.79 Å². The zero-order valence-corrected chi connectivity index (χ0v) is 23.2. The number of nitrogens with one attached hydrogen (secondary N) is 2. The van der Waals surface area contributed by atoms with Crippen molar-refractivity contribution in [2.45, 2.75) is 56.8 Å². The normalized spacial score (nSPS) is 15.2. The molecule has 0 aliphatic carbocycles. The summed E-state index contributed by atoms with van der Waals surface area (Å²) < 4.78 is 31.9. The number of hydrogen-bond acceptors (Lipinski definition) is 10. The van der Waals surface area contributed by atoms with Crippen LogP contribution in [0.2, 0.25) is 0 Å². The van der Waals surface area contributed by atoms with Gasteiger partial charge in [-0.2, -0.15) is 0 Å². The Labute approximate surface area is 238 Å². The van der Waals surface area contributed by atoms with Crippen molar-refractivity contribution in [1.29, 1.82) is 0 Å². The summed E-state index contributed by atoms with van der Waals surface area (Å²) in [7, 11) is 2.43. The maximum atomic E-state index is 12.4. The van der Waals surface area contributed by atoms with Crippen LogP contribution in [-0.4, -0.2) is 69.4 Å². The molecule has 41 heavy (non-hydrogen) atoms. The van der Waals surface area contributed by atoms with Crippen molar-refractivity contribution in [2.24, 2.45) is 0 Å². The molecule has 0 spiro atoms. The number of carbonyl (C=O) groups is 4. The van der Waals surface area contributed by atoms with Gasteiger partial charge in [0, 0.05) is 12.8 Å². The van der Waals surface area contributed by atoms with Gasteiger partial charge in [0.2, 0.25) is 0 Å². The molecule has 0 unspecified atom stereocenters. The zero-order chi connectivity index (χ0) is 29.5. The first-order valence-electron chi connectivity index (χ1n) is 13.2. The molecule has 1 fully saturated rings. The Morgan fingerprint density at radius 1 is 0.707 bits per heavy atom. The number of hydrogen-bond donors (Lipinski definition) is 2. The van der Waals surface area contributed by atoms with Crippen LogP contribution in [0.25, 0.3) is 0 Å². The Morgan fingerprint density at radius 2 is 1.10 bits per heavy atom. The van der Waals surface area contributed by atoms with Crippen LogP contribution in [0.5, 0.6) is 0 Å². The molecule has 2 amide bonds. The maximum Gasteiger partial charge on any atom is 0.408 e. The minimum Gasteiger partial charge on any atom is -0.467 e. The average Bonchev–Trinajstić information content (AvgIpc) is 3.48. The van der Waals surface area contributed by atoms with Crippen LogP contribution in [-0.2, 0) is 51.2 Å². The van der Waals surface area contributed by atoms with Gasteiger partial charge in [-0.3, -0.25) is 0 Å². The van der Waals surface area contributed by atoms with E-state index in [2.05, 4.69) is 10.6 Å². The fourth-order valence-corrected chi connectivity index (χ4v) is 4.24. The van der Waals surface area contributed by atoms with Gasteiger partial charge in [-0.15, -0.1) is 0 Å². The predicted octanol–water partition coefficient (Wildman–Crippen LogP) is 3.23. The quantitative estimate of drug-likeness (QED) is 0.255. The first-order valence-corrected chi connectivity index (χ1v) is 13.2. The summed E-state index contributed by atoms with van der Waals surface area (Å²) in [5, 5.41) is 5.06. The molecule has 2 aromatic rings. The van der Waals surface area contributed by atoms with Crippen molar-refractivity contribution in [1.82, 2.24) is 10.6 Å². The third kappa shape index (κ3) is 10.4. The molecule has 1 aliphatic heterocycles. The Morgan fingerprint density at radius 3 is 1.46 bits per heavy atom. The number of amides is 2. The van der Waals surface area contributed by atoms with Crippen molar-refractivity contribution in [3.8, 4) is 0 Å². The molecule has 0 radical (unpaired) electrons. The molecule has 2 atom stereocenters. The number of esters is 2. The first kappa shape index (κ1) is 31.4. The summed E-state index contributed by atoms with van der Waals surface area (Å²) >= 11 is 0. The summed E-state index contributed by atoms with van der Waals surface area (Å²) in [6.45, 7) is 0.661. The number of methoxy groups -OCH3 is 2. The highest BCUT2D eigenvalue weighted by molar-refractivity contribution is 5.81. The minimum atomic E-state index is -1.16. The molecule has 0 bridgehead atoms. The zero-order valence-electron chi connectivity index (χ0n) is 23.2. The molecule has 1 saturated heterocycles. The number of ether oxygens (including phenoxy) is 6. The summed E-state index contributed by atoms with van der Waals surface area (Å²) in [5.74, 6) is -2.49. The number of rotatable bonds is 14. The fourth-order valence-electron chi connectivity index (χ4n) is 4.24. The Kier molecular flexibility index (Phi) is 12.4. The Bertz CT molecular complexity index is 1040. The second kappa shape index (κ2) is 16.2. The van der Waals surface area contributed by atoms with Crippen LogP contribution in [0.3, 0.4) is 0 Å². The number of benzene rings is 2. The van der Waals surface area contributed by atoms with Crippen molar-refractivity contribution < 1.29 is 47.6 Å². The van der Waals surface area contributed by atoms with Crippen LogP contribution in [0, 0.1) is 0 Å². The van der Waals surface area contributed by atoms with Gasteiger partial charge >= 0.3 is 24.1 Å². The van der Waals surface area contributed by atoms with Crippen molar-refractivity contribution in [2.75, 3.05) is 27.4 Å². The molecular weight excluding hydrogens is 536 g/mol. The summed E-state index contributed by atoms with van der Waals surface area (Å²) in [6.07, 6.45) is -1.01. The van der Waals surface area contributed by atoms with Gasteiger partial charge in [0.1, 0.15) is 25.3 Å².